The van der Waals surface area contributed by atoms with E-state index >= 15 is 0 Å². The normalized spacial score (nSPS) is 26.1. The molecule has 110 valence electrons. The fourth-order valence-electron chi connectivity index (χ4n) is 2.86. The van der Waals surface area contributed by atoms with Crippen molar-refractivity contribution in [2.24, 2.45) is 11.8 Å². The van der Waals surface area contributed by atoms with Gasteiger partial charge in [0.2, 0.25) is 0 Å². The molecule has 3 atom stereocenters. The minimum absolute atomic E-state index is 0.0383. The van der Waals surface area contributed by atoms with E-state index < -0.39 is 0 Å². The lowest BCUT2D eigenvalue weighted by Crippen LogP contribution is -2.40. The maximum atomic E-state index is 12.4. The van der Waals surface area contributed by atoms with E-state index in [-0.39, 0.29) is 11.9 Å². The Hall–Kier alpha value is -1.22. The van der Waals surface area contributed by atoms with E-state index in [1.165, 1.54) is 6.42 Å². The number of carbonyl (C=O) groups excluding carboxylic acids is 1. The minimum atomic E-state index is -0.0383. The molecule has 0 bridgehead atoms. The van der Waals surface area contributed by atoms with E-state index in [2.05, 4.69) is 24.5 Å². The first-order valence-electron chi connectivity index (χ1n) is 7.29. The molecule has 1 aromatic carbocycles. The SMILES string of the molecule is CNc1ccc(Cl)cc1C(=O)NC1CCC(C)C(C)C1. The summed E-state index contributed by atoms with van der Waals surface area (Å²) >= 11 is 6.00. The first kappa shape index (κ1) is 15.2. The van der Waals surface area contributed by atoms with E-state index in [1.54, 1.807) is 12.1 Å². The topological polar surface area (TPSA) is 41.1 Å². The van der Waals surface area contributed by atoms with Crippen molar-refractivity contribution in [3.05, 3.63) is 28.8 Å². The van der Waals surface area contributed by atoms with Crippen molar-refractivity contribution in [3.63, 3.8) is 0 Å². The Morgan fingerprint density at radius 2 is 2.00 bits per heavy atom. The molecule has 1 fully saturated rings. The zero-order valence-corrected chi connectivity index (χ0v) is 13.1. The summed E-state index contributed by atoms with van der Waals surface area (Å²) in [7, 11) is 1.81. The molecule has 2 rings (SSSR count). The first-order chi connectivity index (χ1) is 9.51. The summed E-state index contributed by atoms with van der Waals surface area (Å²) in [5, 5.41) is 6.77. The smallest absolute Gasteiger partial charge is 0.253 e. The highest BCUT2D eigenvalue weighted by atomic mass is 35.5. The molecular formula is C16H23ClN2O. The lowest BCUT2D eigenvalue weighted by atomic mass is 9.79. The molecule has 0 aromatic heterocycles. The van der Waals surface area contributed by atoms with Crippen LogP contribution in [0.3, 0.4) is 0 Å². The van der Waals surface area contributed by atoms with Crippen LogP contribution in [0.5, 0.6) is 0 Å². The predicted octanol–water partition coefficient (Wildman–Crippen LogP) is 3.94. The van der Waals surface area contributed by atoms with Gasteiger partial charge in [0.05, 0.1) is 5.56 Å². The number of rotatable bonds is 3. The molecule has 0 heterocycles. The van der Waals surface area contributed by atoms with Gasteiger partial charge in [-0.05, 0) is 49.3 Å². The van der Waals surface area contributed by atoms with Crippen LogP contribution in [0.1, 0.15) is 43.5 Å². The summed E-state index contributed by atoms with van der Waals surface area (Å²) < 4.78 is 0. The van der Waals surface area contributed by atoms with Crippen molar-refractivity contribution >= 4 is 23.2 Å². The van der Waals surface area contributed by atoms with Crippen molar-refractivity contribution in [1.82, 2.24) is 5.32 Å². The summed E-state index contributed by atoms with van der Waals surface area (Å²) in [5.74, 6) is 1.38. The van der Waals surface area contributed by atoms with Crippen LogP contribution in [0.2, 0.25) is 5.02 Å². The van der Waals surface area contributed by atoms with Gasteiger partial charge in [-0.15, -0.1) is 0 Å². The van der Waals surface area contributed by atoms with Crippen LogP contribution in [0.15, 0.2) is 18.2 Å². The predicted molar refractivity (Wildman–Crippen MR) is 84.4 cm³/mol. The maximum Gasteiger partial charge on any atom is 0.253 e. The van der Waals surface area contributed by atoms with Crippen molar-refractivity contribution in [2.45, 2.75) is 39.2 Å². The molecule has 0 radical (unpaired) electrons. The Morgan fingerprint density at radius 3 is 2.65 bits per heavy atom. The maximum absolute atomic E-state index is 12.4. The number of benzene rings is 1. The third-order valence-electron chi connectivity index (χ3n) is 4.43. The molecule has 1 aliphatic rings. The van der Waals surface area contributed by atoms with Gasteiger partial charge in [-0.2, -0.15) is 0 Å². The Morgan fingerprint density at radius 1 is 1.25 bits per heavy atom. The fourth-order valence-corrected chi connectivity index (χ4v) is 3.04. The van der Waals surface area contributed by atoms with Gasteiger partial charge in [0.25, 0.3) is 5.91 Å². The average molecular weight is 295 g/mol. The van der Waals surface area contributed by atoms with Gasteiger partial charge in [-0.25, -0.2) is 0 Å². The van der Waals surface area contributed by atoms with Crippen molar-refractivity contribution in [2.75, 3.05) is 12.4 Å². The van der Waals surface area contributed by atoms with Crippen molar-refractivity contribution in [1.29, 1.82) is 0 Å². The summed E-state index contributed by atoms with van der Waals surface area (Å²) in [6.45, 7) is 4.56. The van der Waals surface area contributed by atoms with E-state index in [4.69, 9.17) is 11.6 Å². The van der Waals surface area contributed by atoms with Crippen LogP contribution >= 0.6 is 11.6 Å². The zero-order chi connectivity index (χ0) is 14.7. The van der Waals surface area contributed by atoms with Gasteiger partial charge < -0.3 is 10.6 Å². The fraction of sp³-hybridized carbons (Fsp3) is 0.562. The molecule has 1 amide bonds. The third kappa shape index (κ3) is 3.45. The monoisotopic (exact) mass is 294 g/mol. The summed E-state index contributed by atoms with van der Waals surface area (Å²) in [5.41, 5.74) is 1.43. The Labute approximate surface area is 126 Å². The number of nitrogens with one attached hydrogen (secondary N) is 2. The van der Waals surface area contributed by atoms with Gasteiger partial charge in [0.15, 0.2) is 0 Å². The highest BCUT2D eigenvalue weighted by molar-refractivity contribution is 6.31. The van der Waals surface area contributed by atoms with Crippen molar-refractivity contribution in [3.8, 4) is 0 Å². The molecule has 0 spiro atoms. The van der Waals surface area contributed by atoms with Gasteiger partial charge in [-0.1, -0.05) is 25.4 Å². The first-order valence-corrected chi connectivity index (χ1v) is 7.67. The van der Waals surface area contributed by atoms with E-state index in [0.29, 0.717) is 16.5 Å². The number of anilines is 1. The molecule has 3 nitrogen and oxygen atoms in total. The van der Waals surface area contributed by atoms with Gasteiger partial charge in [0.1, 0.15) is 0 Å². The van der Waals surface area contributed by atoms with Gasteiger partial charge in [0, 0.05) is 23.8 Å². The van der Waals surface area contributed by atoms with Gasteiger partial charge >= 0.3 is 0 Å². The lowest BCUT2D eigenvalue weighted by Gasteiger charge is -2.32. The number of hydrogen-bond acceptors (Lipinski definition) is 2. The molecule has 1 aromatic rings. The molecule has 0 aliphatic heterocycles. The van der Waals surface area contributed by atoms with Crippen LogP contribution in [0, 0.1) is 11.8 Å². The van der Waals surface area contributed by atoms with Crippen LogP contribution in [-0.2, 0) is 0 Å². The molecule has 3 unspecified atom stereocenters. The minimum Gasteiger partial charge on any atom is -0.387 e. The number of halogens is 1. The highest BCUT2D eigenvalue weighted by Crippen LogP contribution is 2.30. The highest BCUT2D eigenvalue weighted by Gasteiger charge is 2.26. The standard InChI is InChI=1S/C16H23ClN2O/c1-10-4-6-13(8-11(10)2)19-16(20)14-9-12(17)5-7-15(14)18-3/h5,7,9-11,13,18H,4,6,8H2,1-3H3,(H,19,20). The molecule has 4 heteroatoms. The molecule has 0 saturated heterocycles. The van der Waals surface area contributed by atoms with Gasteiger partial charge in [-0.3, -0.25) is 4.79 Å². The van der Waals surface area contributed by atoms with Crippen LogP contribution in [0.25, 0.3) is 0 Å². The Kier molecular flexibility index (Phi) is 4.92. The Balaban J connectivity index is 2.07. The second-order valence-electron chi connectivity index (χ2n) is 5.88. The van der Waals surface area contributed by atoms with Crippen LogP contribution in [0.4, 0.5) is 5.69 Å². The molecule has 20 heavy (non-hydrogen) atoms. The van der Waals surface area contributed by atoms with E-state index in [1.807, 2.05) is 13.1 Å². The molecule has 1 saturated carbocycles. The zero-order valence-electron chi connectivity index (χ0n) is 12.4. The summed E-state index contributed by atoms with van der Waals surface area (Å²) in [6, 6.07) is 5.62. The quantitative estimate of drug-likeness (QED) is 0.886. The molecular weight excluding hydrogens is 272 g/mol. The summed E-state index contributed by atoms with van der Waals surface area (Å²) in [6.07, 6.45) is 3.30. The largest absolute Gasteiger partial charge is 0.387 e. The van der Waals surface area contributed by atoms with E-state index in [9.17, 15) is 4.79 Å². The second-order valence-corrected chi connectivity index (χ2v) is 6.31. The third-order valence-corrected chi connectivity index (χ3v) is 4.66. The summed E-state index contributed by atoms with van der Waals surface area (Å²) in [4.78, 5) is 12.4. The van der Waals surface area contributed by atoms with E-state index in [0.717, 1.165) is 24.4 Å². The lowest BCUT2D eigenvalue weighted by molar-refractivity contribution is 0.0911. The molecule has 1 aliphatic carbocycles. The molecule has 2 N–H and O–H groups in total. The number of carbonyl (C=O) groups is 1. The average Bonchev–Trinajstić information content (AvgIpc) is 2.43. The Bertz CT molecular complexity index is 489. The number of hydrogen-bond donors (Lipinski definition) is 2. The van der Waals surface area contributed by atoms with Crippen molar-refractivity contribution < 1.29 is 4.79 Å². The number of amides is 1. The second kappa shape index (κ2) is 6.49. The van der Waals surface area contributed by atoms with Crippen LogP contribution < -0.4 is 10.6 Å². The van der Waals surface area contributed by atoms with Crippen LogP contribution in [-0.4, -0.2) is 19.0 Å².